The number of nitrogens with zero attached hydrogens (tertiary/aromatic N) is 1. The van der Waals surface area contributed by atoms with Crippen LogP contribution < -0.4 is 4.72 Å². The third-order valence-electron chi connectivity index (χ3n) is 4.09. The van der Waals surface area contributed by atoms with Gasteiger partial charge in [0.15, 0.2) is 0 Å². The number of nitriles is 1. The minimum atomic E-state index is -4.03. The van der Waals surface area contributed by atoms with Gasteiger partial charge in [0.1, 0.15) is 0 Å². The van der Waals surface area contributed by atoms with Crippen molar-refractivity contribution in [2.24, 2.45) is 0 Å². The quantitative estimate of drug-likeness (QED) is 0.826. The van der Waals surface area contributed by atoms with Gasteiger partial charge in [-0.3, -0.25) is 4.79 Å². The third kappa shape index (κ3) is 4.09. The Hall–Kier alpha value is -2.17. The number of benzene rings is 2. The molecule has 0 unspecified atom stereocenters. The molecule has 0 heterocycles. The zero-order valence-electron chi connectivity index (χ0n) is 13.3. The summed E-state index contributed by atoms with van der Waals surface area (Å²) in [6, 6.07) is 11.8. The number of rotatable bonds is 4. The molecule has 1 aliphatic rings. The van der Waals surface area contributed by atoms with Crippen LogP contribution in [0.3, 0.4) is 0 Å². The Kier molecular flexibility index (Phi) is 4.93. The summed E-state index contributed by atoms with van der Waals surface area (Å²) in [5.41, 5.74) is 3.52. The first kappa shape index (κ1) is 17.6. The van der Waals surface area contributed by atoms with E-state index in [0.29, 0.717) is 4.47 Å². The molecule has 0 spiro atoms. The van der Waals surface area contributed by atoms with E-state index in [9.17, 15) is 13.2 Å². The van der Waals surface area contributed by atoms with Crippen molar-refractivity contribution in [1.82, 2.24) is 4.72 Å². The van der Waals surface area contributed by atoms with Crippen molar-refractivity contribution >= 4 is 31.9 Å². The van der Waals surface area contributed by atoms with E-state index < -0.39 is 15.9 Å². The molecule has 0 aromatic heterocycles. The van der Waals surface area contributed by atoms with Gasteiger partial charge in [0.2, 0.25) is 5.91 Å². The van der Waals surface area contributed by atoms with E-state index in [2.05, 4.69) is 20.7 Å². The zero-order chi connectivity index (χ0) is 18.0. The number of hydrogen-bond donors (Lipinski definition) is 1. The van der Waals surface area contributed by atoms with E-state index in [0.717, 1.165) is 24.8 Å². The highest BCUT2D eigenvalue weighted by molar-refractivity contribution is 9.10. The lowest BCUT2D eigenvalue weighted by Crippen LogP contribution is -2.31. The topological polar surface area (TPSA) is 87.0 Å². The SMILES string of the molecule is N#Cc1cc(Br)cc(S(=O)(=O)NC(=O)Cc2ccc3c(c2)CCC3)c1. The first-order valence-electron chi connectivity index (χ1n) is 7.74. The van der Waals surface area contributed by atoms with Gasteiger partial charge < -0.3 is 0 Å². The molecule has 2 aromatic carbocycles. The standard InChI is InChI=1S/C18H15BrN2O3S/c19-16-7-13(11-20)8-17(10-16)25(23,24)21-18(22)9-12-4-5-14-2-1-3-15(14)6-12/h4-8,10H,1-3,9H2,(H,21,22). The largest absolute Gasteiger partial charge is 0.274 e. The van der Waals surface area contributed by atoms with E-state index in [1.54, 1.807) is 0 Å². The highest BCUT2D eigenvalue weighted by Crippen LogP contribution is 2.23. The lowest BCUT2D eigenvalue weighted by molar-refractivity contribution is -0.118. The van der Waals surface area contributed by atoms with Gasteiger partial charge in [-0.25, -0.2) is 13.1 Å². The summed E-state index contributed by atoms with van der Waals surface area (Å²) >= 11 is 3.17. The Labute approximate surface area is 154 Å². The molecular formula is C18H15BrN2O3S. The molecule has 25 heavy (non-hydrogen) atoms. The van der Waals surface area contributed by atoms with Crippen LogP contribution in [0.15, 0.2) is 45.8 Å². The molecule has 0 bridgehead atoms. The maximum absolute atomic E-state index is 12.4. The van der Waals surface area contributed by atoms with Crippen LogP contribution in [0.25, 0.3) is 0 Å². The molecule has 0 fully saturated rings. The Bertz CT molecular complexity index is 994. The number of sulfonamides is 1. The van der Waals surface area contributed by atoms with Gasteiger partial charge >= 0.3 is 0 Å². The van der Waals surface area contributed by atoms with Crippen molar-refractivity contribution in [3.8, 4) is 6.07 Å². The molecule has 0 saturated heterocycles. The van der Waals surface area contributed by atoms with Crippen LogP contribution in [0.1, 0.15) is 28.7 Å². The predicted octanol–water partition coefficient (Wildman–Crippen LogP) is 2.86. The van der Waals surface area contributed by atoms with E-state index in [4.69, 9.17) is 5.26 Å². The lowest BCUT2D eigenvalue weighted by atomic mass is 10.0. The van der Waals surface area contributed by atoms with Gasteiger partial charge in [0.05, 0.1) is 22.9 Å². The Morgan fingerprint density at radius 2 is 1.92 bits per heavy atom. The molecule has 0 aliphatic heterocycles. The maximum atomic E-state index is 12.4. The zero-order valence-corrected chi connectivity index (χ0v) is 15.7. The van der Waals surface area contributed by atoms with Crippen molar-refractivity contribution < 1.29 is 13.2 Å². The fourth-order valence-corrected chi connectivity index (χ4v) is 4.65. The van der Waals surface area contributed by atoms with E-state index in [-0.39, 0.29) is 16.9 Å². The van der Waals surface area contributed by atoms with E-state index in [1.807, 2.05) is 24.3 Å². The minimum absolute atomic E-state index is 0.00831. The fourth-order valence-electron chi connectivity index (χ4n) is 2.95. The number of hydrogen-bond acceptors (Lipinski definition) is 4. The predicted molar refractivity (Wildman–Crippen MR) is 96.4 cm³/mol. The summed E-state index contributed by atoms with van der Waals surface area (Å²) in [6.45, 7) is 0. The minimum Gasteiger partial charge on any atom is -0.274 e. The number of aryl methyl sites for hydroxylation is 2. The molecule has 7 heteroatoms. The Morgan fingerprint density at radius 3 is 2.68 bits per heavy atom. The highest BCUT2D eigenvalue weighted by Gasteiger charge is 2.20. The molecule has 2 aromatic rings. The third-order valence-corrected chi connectivity index (χ3v) is 5.90. The van der Waals surface area contributed by atoms with Gasteiger partial charge in [0.25, 0.3) is 10.0 Å². The summed E-state index contributed by atoms with van der Waals surface area (Å²) in [6.07, 6.45) is 3.16. The van der Waals surface area contributed by atoms with Gasteiger partial charge in [-0.15, -0.1) is 0 Å². The summed E-state index contributed by atoms with van der Waals surface area (Å²) in [5.74, 6) is -0.601. The molecule has 0 radical (unpaired) electrons. The van der Waals surface area contributed by atoms with Crippen LogP contribution in [0.4, 0.5) is 0 Å². The summed E-state index contributed by atoms with van der Waals surface area (Å²) < 4.78 is 27.3. The molecule has 1 N–H and O–H groups in total. The summed E-state index contributed by atoms with van der Waals surface area (Å²) in [7, 11) is -4.03. The first-order valence-corrected chi connectivity index (χ1v) is 10.0. The van der Waals surface area contributed by atoms with Gasteiger partial charge in [-0.1, -0.05) is 34.1 Å². The normalized spacial score (nSPS) is 13.1. The molecule has 1 amide bonds. The maximum Gasteiger partial charge on any atom is 0.264 e. The number of halogens is 1. The number of nitrogens with one attached hydrogen (secondary N) is 1. The van der Waals surface area contributed by atoms with E-state index in [1.165, 1.54) is 29.3 Å². The first-order chi connectivity index (χ1) is 11.9. The Morgan fingerprint density at radius 1 is 1.16 bits per heavy atom. The number of carbonyl (C=O) groups is 1. The van der Waals surface area contributed by atoms with Crippen LogP contribution in [-0.2, 0) is 34.1 Å². The molecule has 128 valence electrons. The lowest BCUT2D eigenvalue weighted by Gasteiger charge is -2.09. The van der Waals surface area contributed by atoms with Gasteiger partial charge in [-0.05, 0) is 54.2 Å². The molecule has 0 saturated carbocycles. The fraction of sp³-hybridized carbons (Fsp3) is 0.222. The summed E-state index contributed by atoms with van der Waals surface area (Å²) in [5, 5.41) is 8.95. The van der Waals surface area contributed by atoms with Gasteiger partial charge in [0, 0.05) is 4.47 Å². The average molecular weight is 419 g/mol. The van der Waals surface area contributed by atoms with Crippen molar-refractivity contribution in [3.63, 3.8) is 0 Å². The van der Waals surface area contributed by atoms with E-state index >= 15 is 0 Å². The molecule has 0 atom stereocenters. The molecule has 1 aliphatic carbocycles. The van der Waals surface area contributed by atoms with Crippen LogP contribution in [0.5, 0.6) is 0 Å². The van der Waals surface area contributed by atoms with Crippen LogP contribution in [0, 0.1) is 11.3 Å². The van der Waals surface area contributed by atoms with Crippen molar-refractivity contribution in [3.05, 3.63) is 63.1 Å². The molecule has 3 rings (SSSR count). The number of fused-ring (bicyclic) bond motifs is 1. The van der Waals surface area contributed by atoms with Crippen LogP contribution >= 0.6 is 15.9 Å². The number of amides is 1. The monoisotopic (exact) mass is 418 g/mol. The molecular weight excluding hydrogens is 404 g/mol. The Balaban J connectivity index is 1.76. The average Bonchev–Trinajstić information content (AvgIpc) is 3.01. The molecule has 5 nitrogen and oxygen atoms in total. The van der Waals surface area contributed by atoms with Crippen LogP contribution in [-0.4, -0.2) is 14.3 Å². The van der Waals surface area contributed by atoms with Gasteiger partial charge in [-0.2, -0.15) is 5.26 Å². The van der Waals surface area contributed by atoms with Crippen molar-refractivity contribution in [2.75, 3.05) is 0 Å². The van der Waals surface area contributed by atoms with Crippen LogP contribution in [0.2, 0.25) is 0 Å². The van der Waals surface area contributed by atoms with Crippen molar-refractivity contribution in [2.45, 2.75) is 30.6 Å². The second kappa shape index (κ2) is 6.98. The highest BCUT2D eigenvalue weighted by atomic mass is 79.9. The number of carbonyl (C=O) groups excluding carboxylic acids is 1. The van der Waals surface area contributed by atoms with Crippen molar-refractivity contribution in [1.29, 1.82) is 5.26 Å². The summed E-state index contributed by atoms with van der Waals surface area (Å²) in [4.78, 5) is 12.0. The second-order valence-corrected chi connectivity index (χ2v) is 8.55. The smallest absolute Gasteiger partial charge is 0.264 e. The second-order valence-electron chi connectivity index (χ2n) is 5.95.